The lowest BCUT2D eigenvalue weighted by molar-refractivity contribution is 0.354. The summed E-state index contributed by atoms with van der Waals surface area (Å²) in [6, 6.07) is 13.4. The number of methoxy groups -OCH3 is 2. The van der Waals surface area contributed by atoms with Gasteiger partial charge >= 0.3 is 0 Å². The van der Waals surface area contributed by atoms with Crippen molar-refractivity contribution in [2.45, 2.75) is 17.4 Å². The van der Waals surface area contributed by atoms with Crippen molar-refractivity contribution in [3.63, 3.8) is 0 Å². The summed E-state index contributed by atoms with van der Waals surface area (Å²) in [7, 11) is 3.22. The number of benzene rings is 2. The Balaban J connectivity index is 1.65. The van der Waals surface area contributed by atoms with Crippen molar-refractivity contribution < 1.29 is 13.9 Å². The molecular formula is C18H17ClN2O3S. The highest BCUT2D eigenvalue weighted by Gasteiger charge is 2.11. The summed E-state index contributed by atoms with van der Waals surface area (Å²) < 4.78 is 16.3. The van der Waals surface area contributed by atoms with Crippen LogP contribution in [0.5, 0.6) is 11.5 Å². The molecule has 0 amide bonds. The van der Waals surface area contributed by atoms with E-state index >= 15 is 0 Å². The molecular weight excluding hydrogens is 360 g/mol. The van der Waals surface area contributed by atoms with Gasteiger partial charge in [0, 0.05) is 10.8 Å². The average Bonchev–Trinajstić information content (AvgIpc) is 3.08. The van der Waals surface area contributed by atoms with E-state index in [0.717, 1.165) is 16.1 Å². The van der Waals surface area contributed by atoms with Gasteiger partial charge in [0.25, 0.3) is 5.22 Å². The van der Waals surface area contributed by atoms with Crippen molar-refractivity contribution >= 4 is 23.4 Å². The Labute approximate surface area is 155 Å². The normalized spacial score (nSPS) is 10.7. The molecule has 5 nitrogen and oxygen atoms in total. The number of thioether (sulfide) groups is 1. The van der Waals surface area contributed by atoms with Crippen LogP contribution in [0.15, 0.2) is 52.1 Å². The molecule has 7 heteroatoms. The molecule has 0 unspecified atom stereocenters. The van der Waals surface area contributed by atoms with Crippen LogP contribution < -0.4 is 9.47 Å². The Kier molecular flexibility index (Phi) is 5.83. The number of ether oxygens (including phenoxy) is 2. The number of aromatic nitrogens is 2. The highest BCUT2D eigenvalue weighted by atomic mass is 35.5. The topological polar surface area (TPSA) is 57.4 Å². The minimum atomic E-state index is 0.524. The van der Waals surface area contributed by atoms with Gasteiger partial charge in [-0.05, 0) is 29.3 Å². The van der Waals surface area contributed by atoms with Crippen molar-refractivity contribution in [1.82, 2.24) is 10.2 Å². The summed E-state index contributed by atoms with van der Waals surface area (Å²) in [6.45, 7) is 0. The SMILES string of the molecule is COc1ccc(Cc2nnc(SCc3ccccc3Cl)o2)cc1OC. The molecule has 0 aliphatic rings. The molecule has 2 aromatic carbocycles. The summed E-state index contributed by atoms with van der Waals surface area (Å²) in [4.78, 5) is 0. The fourth-order valence-corrected chi connectivity index (χ4v) is 3.35. The smallest absolute Gasteiger partial charge is 0.276 e. The van der Waals surface area contributed by atoms with Gasteiger partial charge in [-0.2, -0.15) is 0 Å². The van der Waals surface area contributed by atoms with E-state index in [9.17, 15) is 0 Å². The van der Waals surface area contributed by atoms with E-state index in [4.69, 9.17) is 25.5 Å². The van der Waals surface area contributed by atoms with E-state index in [1.54, 1.807) is 14.2 Å². The zero-order chi connectivity index (χ0) is 17.6. The van der Waals surface area contributed by atoms with Crippen molar-refractivity contribution in [3.05, 3.63) is 64.5 Å². The lowest BCUT2D eigenvalue weighted by Gasteiger charge is -2.08. The Hall–Kier alpha value is -2.18. The zero-order valence-corrected chi connectivity index (χ0v) is 15.4. The van der Waals surface area contributed by atoms with E-state index in [-0.39, 0.29) is 0 Å². The predicted octanol–water partition coefficient (Wildman–Crippen LogP) is 4.62. The van der Waals surface area contributed by atoms with E-state index in [0.29, 0.717) is 34.8 Å². The third-order valence-electron chi connectivity index (χ3n) is 3.56. The first-order valence-electron chi connectivity index (χ1n) is 7.59. The molecule has 130 valence electrons. The first kappa shape index (κ1) is 17.6. The molecule has 0 bridgehead atoms. The fraction of sp³-hybridized carbons (Fsp3) is 0.222. The summed E-state index contributed by atoms with van der Waals surface area (Å²) in [5.41, 5.74) is 2.04. The first-order chi connectivity index (χ1) is 12.2. The van der Waals surface area contributed by atoms with Crippen LogP contribution in [-0.2, 0) is 12.2 Å². The van der Waals surface area contributed by atoms with Crippen LogP contribution >= 0.6 is 23.4 Å². The van der Waals surface area contributed by atoms with Gasteiger partial charge in [-0.15, -0.1) is 10.2 Å². The molecule has 25 heavy (non-hydrogen) atoms. The fourth-order valence-electron chi connectivity index (χ4n) is 2.29. The second-order valence-corrected chi connectivity index (χ2v) is 6.54. The summed E-state index contributed by atoms with van der Waals surface area (Å²) in [5.74, 6) is 2.59. The zero-order valence-electron chi connectivity index (χ0n) is 13.9. The van der Waals surface area contributed by atoms with Crippen molar-refractivity contribution in [1.29, 1.82) is 0 Å². The van der Waals surface area contributed by atoms with Crippen molar-refractivity contribution in [3.8, 4) is 11.5 Å². The average molecular weight is 377 g/mol. The van der Waals surface area contributed by atoms with Gasteiger partial charge in [-0.25, -0.2) is 0 Å². The maximum atomic E-state index is 6.15. The Morgan fingerprint density at radius 3 is 2.60 bits per heavy atom. The van der Waals surface area contributed by atoms with Gasteiger partial charge in [0.15, 0.2) is 11.5 Å². The minimum Gasteiger partial charge on any atom is -0.493 e. The monoisotopic (exact) mass is 376 g/mol. The largest absolute Gasteiger partial charge is 0.493 e. The third-order valence-corrected chi connectivity index (χ3v) is 4.80. The van der Waals surface area contributed by atoms with Gasteiger partial charge in [0.05, 0.1) is 20.6 Å². The summed E-state index contributed by atoms with van der Waals surface area (Å²) in [6.07, 6.45) is 0.528. The lowest BCUT2D eigenvalue weighted by atomic mass is 10.1. The van der Waals surface area contributed by atoms with Crippen LogP contribution in [0.1, 0.15) is 17.0 Å². The summed E-state index contributed by atoms with van der Waals surface area (Å²) in [5, 5.41) is 9.44. The minimum absolute atomic E-state index is 0.524. The van der Waals surface area contributed by atoms with Crippen LogP contribution in [0, 0.1) is 0 Å². The maximum Gasteiger partial charge on any atom is 0.276 e. The van der Waals surface area contributed by atoms with Gasteiger partial charge in [0.2, 0.25) is 5.89 Å². The molecule has 0 saturated carbocycles. The van der Waals surface area contributed by atoms with Crippen LogP contribution in [0.3, 0.4) is 0 Å². The van der Waals surface area contributed by atoms with Gasteiger partial charge < -0.3 is 13.9 Å². The van der Waals surface area contributed by atoms with Gasteiger partial charge in [-0.1, -0.05) is 47.6 Å². The lowest BCUT2D eigenvalue weighted by Crippen LogP contribution is -1.94. The molecule has 0 radical (unpaired) electrons. The Bertz CT molecular complexity index is 854. The van der Waals surface area contributed by atoms with Crippen LogP contribution in [0.25, 0.3) is 0 Å². The van der Waals surface area contributed by atoms with Gasteiger partial charge in [-0.3, -0.25) is 0 Å². The molecule has 0 fully saturated rings. The maximum absolute atomic E-state index is 6.15. The van der Waals surface area contributed by atoms with E-state index in [2.05, 4.69) is 10.2 Å². The molecule has 0 saturated heterocycles. The van der Waals surface area contributed by atoms with Crippen LogP contribution in [-0.4, -0.2) is 24.4 Å². The van der Waals surface area contributed by atoms with Crippen molar-refractivity contribution in [2.75, 3.05) is 14.2 Å². The molecule has 3 rings (SSSR count). The van der Waals surface area contributed by atoms with Crippen molar-refractivity contribution in [2.24, 2.45) is 0 Å². The van der Waals surface area contributed by atoms with E-state index < -0.39 is 0 Å². The second kappa shape index (κ2) is 8.27. The van der Waals surface area contributed by atoms with Gasteiger partial charge in [0.1, 0.15) is 0 Å². The molecule has 0 atom stereocenters. The molecule has 0 aliphatic heterocycles. The second-order valence-electron chi connectivity index (χ2n) is 5.21. The standard InChI is InChI=1S/C18H17ClN2O3S/c1-22-15-8-7-12(9-16(15)23-2)10-17-20-21-18(24-17)25-11-13-5-3-4-6-14(13)19/h3-9H,10-11H2,1-2H3. The van der Waals surface area contributed by atoms with Crippen LogP contribution in [0.2, 0.25) is 5.02 Å². The highest BCUT2D eigenvalue weighted by Crippen LogP contribution is 2.29. The van der Waals surface area contributed by atoms with E-state index in [1.165, 1.54) is 11.8 Å². The molecule has 1 aromatic heterocycles. The molecule has 0 spiro atoms. The number of hydrogen-bond acceptors (Lipinski definition) is 6. The molecule has 0 N–H and O–H groups in total. The molecule has 1 heterocycles. The summed E-state index contributed by atoms with van der Waals surface area (Å²) >= 11 is 7.62. The Morgan fingerprint density at radius 1 is 1.04 bits per heavy atom. The number of halogens is 1. The molecule has 0 aliphatic carbocycles. The predicted molar refractivity (Wildman–Crippen MR) is 97.7 cm³/mol. The quantitative estimate of drug-likeness (QED) is 0.560. The van der Waals surface area contributed by atoms with E-state index in [1.807, 2.05) is 42.5 Å². The first-order valence-corrected chi connectivity index (χ1v) is 8.95. The third kappa shape index (κ3) is 4.46. The molecule has 3 aromatic rings. The van der Waals surface area contributed by atoms with Crippen LogP contribution in [0.4, 0.5) is 0 Å². The number of hydrogen-bond donors (Lipinski definition) is 0. The highest BCUT2D eigenvalue weighted by molar-refractivity contribution is 7.98. The number of nitrogens with zero attached hydrogens (tertiary/aromatic N) is 2. The number of rotatable bonds is 7. The Morgan fingerprint density at radius 2 is 1.84 bits per heavy atom.